The maximum absolute atomic E-state index is 13.6. The van der Waals surface area contributed by atoms with Gasteiger partial charge in [-0.15, -0.1) is 22.7 Å². The van der Waals surface area contributed by atoms with Crippen molar-refractivity contribution < 1.29 is 14.4 Å². The minimum atomic E-state index is -0.598. The minimum Gasteiger partial charge on any atom is -0.309 e. The van der Waals surface area contributed by atoms with E-state index in [2.05, 4.69) is 27.0 Å². The number of hydrogen-bond acceptors (Lipinski definition) is 6. The third-order valence-electron chi connectivity index (χ3n) is 7.24. The molecule has 2 N–H and O–H groups in total. The molecule has 5 rings (SSSR count). The first kappa shape index (κ1) is 24.9. The summed E-state index contributed by atoms with van der Waals surface area (Å²) in [5, 5.41) is 6.82. The fourth-order valence-electron chi connectivity index (χ4n) is 5.42. The number of anilines is 1. The van der Waals surface area contributed by atoms with Crippen LogP contribution in [0.2, 0.25) is 0 Å². The number of rotatable bonds is 5. The predicted molar refractivity (Wildman–Crippen MR) is 145 cm³/mol. The third kappa shape index (κ3) is 4.44. The Hall–Kier alpha value is -2.75. The lowest BCUT2D eigenvalue weighted by Gasteiger charge is -2.25. The summed E-state index contributed by atoms with van der Waals surface area (Å²) in [6.07, 6.45) is 4.70. The molecule has 0 spiro atoms. The number of fused-ring (bicyclic) bond motifs is 2. The maximum Gasteiger partial charge on any atom is 0.326 e. The highest BCUT2D eigenvalue weighted by atomic mass is 32.1. The Morgan fingerprint density at radius 2 is 1.64 bits per heavy atom. The molecule has 36 heavy (non-hydrogen) atoms. The van der Waals surface area contributed by atoms with Gasteiger partial charge in [0.15, 0.2) is 5.78 Å². The van der Waals surface area contributed by atoms with E-state index >= 15 is 0 Å². The summed E-state index contributed by atoms with van der Waals surface area (Å²) in [4.78, 5) is 43.8. The number of nitrogens with zero attached hydrogens (tertiary/aromatic N) is 2. The summed E-state index contributed by atoms with van der Waals surface area (Å²) in [7, 11) is 0. The number of urea groups is 1. The first-order valence-electron chi connectivity index (χ1n) is 12.6. The van der Waals surface area contributed by atoms with Gasteiger partial charge in [0.1, 0.15) is 10.0 Å². The Kier molecular flexibility index (Phi) is 6.89. The van der Waals surface area contributed by atoms with E-state index < -0.39 is 11.9 Å². The van der Waals surface area contributed by atoms with E-state index in [1.165, 1.54) is 28.0 Å². The summed E-state index contributed by atoms with van der Waals surface area (Å²) >= 11 is 3.10. The first-order valence-corrected chi connectivity index (χ1v) is 14.2. The smallest absolute Gasteiger partial charge is 0.309 e. The topological polar surface area (TPSA) is 83.4 Å². The number of hydrogen-bond donors (Lipinski definition) is 2. The Morgan fingerprint density at radius 1 is 0.944 bits per heavy atom. The molecule has 0 radical (unpaired) electrons. The monoisotopic (exact) mass is 524 g/mol. The average molecular weight is 525 g/mol. The molecule has 7 nitrogen and oxygen atoms in total. The summed E-state index contributed by atoms with van der Waals surface area (Å²) in [6.45, 7) is 10.4. The standard InChI is InChI=1S/C27H32N4O3S2/c1-5-30-13-12-19-21(14-30)36-26(31-15(2)10-11-16(31)3)23(19)24(33)28-27(34)29-25-22(17(4)32)18-8-6-7-9-20(18)35-25/h10-11H,5-9,12-14H2,1-4H3,(H2,28,29,33,34). The van der Waals surface area contributed by atoms with Crippen LogP contribution in [0.15, 0.2) is 12.1 Å². The van der Waals surface area contributed by atoms with Crippen LogP contribution in [0.4, 0.5) is 9.80 Å². The van der Waals surface area contributed by atoms with Crippen LogP contribution < -0.4 is 10.6 Å². The van der Waals surface area contributed by atoms with E-state index in [-0.39, 0.29) is 5.78 Å². The summed E-state index contributed by atoms with van der Waals surface area (Å²) in [6, 6.07) is 3.49. The van der Waals surface area contributed by atoms with E-state index in [9.17, 15) is 14.4 Å². The molecule has 0 saturated heterocycles. The van der Waals surface area contributed by atoms with Crippen LogP contribution in [0.3, 0.4) is 0 Å². The quantitative estimate of drug-likeness (QED) is 0.423. The molecular weight excluding hydrogens is 492 g/mol. The van der Waals surface area contributed by atoms with E-state index in [0.29, 0.717) is 16.1 Å². The first-order chi connectivity index (χ1) is 17.3. The van der Waals surface area contributed by atoms with Gasteiger partial charge in [-0.2, -0.15) is 0 Å². The largest absolute Gasteiger partial charge is 0.326 e. The molecule has 3 amide bonds. The molecule has 2 aliphatic rings. The van der Waals surface area contributed by atoms with Crippen molar-refractivity contribution in [1.82, 2.24) is 14.8 Å². The van der Waals surface area contributed by atoms with Crippen LogP contribution in [0, 0.1) is 13.8 Å². The third-order valence-corrected chi connectivity index (χ3v) is 9.65. The Labute approximate surface area is 219 Å². The van der Waals surface area contributed by atoms with Crippen molar-refractivity contribution in [2.24, 2.45) is 0 Å². The number of carbonyl (C=O) groups excluding carboxylic acids is 3. The summed E-state index contributed by atoms with van der Waals surface area (Å²) in [5.41, 5.74) is 5.38. The van der Waals surface area contributed by atoms with Gasteiger partial charge in [-0.1, -0.05) is 6.92 Å². The lowest BCUT2D eigenvalue weighted by Crippen LogP contribution is -2.36. The molecule has 1 aliphatic carbocycles. The number of ketones is 1. The van der Waals surface area contributed by atoms with Crippen molar-refractivity contribution in [1.29, 1.82) is 0 Å². The van der Waals surface area contributed by atoms with Crippen molar-refractivity contribution in [3.8, 4) is 5.00 Å². The number of aromatic nitrogens is 1. The number of nitrogens with one attached hydrogen (secondary N) is 2. The van der Waals surface area contributed by atoms with Gasteiger partial charge >= 0.3 is 6.03 Å². The molecule has 190 valence electrons. The van der Waals surface area contributed by atoms with Gasteiger partial charge in [-0.3, -0.25) is 25.1 Å². The van der Waals surface area contributed by atoms with Crippen molar-refractivity contribution >= 4 is 45.4 Å². The molecule has 1 aliphatic heterocycles. The summed E-state index contributed by atoms with van der Waals surface area (Å²) < 4.78 is 2.10. The fraction of sp³-hybridized carbons (Fsp3) is 0.444. The number of thiophene rings is 2. The number of aryl methyl sites for hydroxylation is 3. The zero-order valence-electron chi connectivity index (χ0n) is 21.2. The summed E-state index contributed by atoms with van der Waals surface area (Å²) in [5.74, 6) is -0.451. The second kappa shape index (κ2) is 9.95. The van der Waals surface area contributed by atoms with E-state index in [1.807, 2.05) is 26.0 Å². The molecule has 0 atom stereocenters. The highest BCUT2D eigenvalue weighted by Gasteiger charge is 2.31. The number of imide groups is 1. The van der Waals surface area contributed by atoms with Gasteiger partial charge in [-0.25, -0.2) is 4.79 Å². The molecule has 0 saturated carbocycles. The van der Waals surface area contributed by atoms with Crippen LogP contribution in [0.5, 0.6) is 0 Å². The van der Waals surface area contributed by atoms with Gasteiger partial charge in [0, 0.05) is 34.2 Å². The van der Waals surface area contributed by atoms with Crippen molar-refractivity contribution in [3.63, 3.8) is 0 Å². The molecular formula is C27H32N4O3S2. The van der Waals surface area contributed by atoms with Gasteiger partial charge in [-0.05, 0) is 82.7 Å². The second-order valence-electron chi connectivity index (χ2n) is 9.63. The average Bonchev–Trinajstić information content (AvgIpc) is 3.50. The van der Waals surface area contributed by atoms with Crippen LogP contribution in [0.25, 0.3) is 5.00 Å². The molecule has 9 heteroatoms. The highest BCUT2D eigenvalue weighted by molar-refractivity contribution is 7.17. The van der Waals surface area contributed by atoms with Gasteiger partial charge < -0.3 is 4.57 Å². The van der Waals surface area contributed by atoms with Crippen molar-refractivity contribution in [2.45, 2.75) is 66.3 Å². The lowest BCUT2D eigenvalue weighted by molar-refractivity contribution is 0.0964. The molecule has 3 aromatic rings. The van der Waals surface area contributed by atoms with E-state index in [1.54, 1.807) is 11.3 Å². The molecule has 4 heterocycles. The molecule has 0 aromatic carbocycles. The Morgan fingerprint density at radius 3 is 2.33 bits per heavy atom. The van der Waals surface area contributed by atoms with Crippen molar-refractivity contribution in [2.75, 3.05) is 18.4 Å². The minimum absolute atomic E-state index is 0.0516. The Bertz CT molecular complexity index is 1340. The number of amides is 3. The van der Waals surface area contributed by atoms with Crippen LogP contribution >= 0.6 is 22.7 Å². The Balaban J connectivity index is 1.45. The van der Waals surface area contributed by atoms with Crippen LogP contribution in [-0.2, 0) is 25.8 Å². The lowest BCUT2D eigenvalue weighted by atomic mass is 9.94. The predicted octanol–water partition coefficient (Wildman–Crippen LogP) is 5.64. The molecule has 3 aromatic heterocycles. The normalized spacial score (nSPS) is 15.3. The maximum atomic E-state index is 13.6. The van der Waals surface area contributed by atoms with Crippen LogP contribution in [0.1, 0.15) is 79.7 Å². The van der Waals surface area contributed by atoms with Gasteiger partial charge in [0.05, 0.1) is 11.1 Å². The SMILES string of the molecule is CCN1CCc2c(sc(-n3c(C)ccc3C)c2C(=O)NC(=O)Nc2sc3c(c2C(C)=O)CCCC3)C1. The molecule has 0 bridgehead atoms. The molecule has 0 unspecified atom stereocenters. The van der Waals surface area contributed by atoms with Crippen LogP contribution in [-0.4, -0.2) is 40.3 Å². The number of likely N-dealkylation sites (N-methyl/N-ethyl adjacent to an activating group) is 1. The van der Waals surface area contributed by atoms with E-state index in [4.69, 9.17) is 0 Å². The van der Waals surface area contributed by atoms with Gasteiger partial charge in [0.25, 0.3) is 5.91 Å². The second-order valence-corrected chi connectivity index (χ2v) is 11.8. The zero-order valence-corrected chi connectivity index (χ0v) is 22.9. The molecule has 0 fully saturated rings. The number of Topliss-reactive ketones (excluding diaryl/α,β-unsaturated/α-hetero) is 1. The fourth-order valence-corrected chi connectivity index (χ4v) is 8.26. The highest BCUT2D eigenvalue weighted by Crippen LogP contribution is 2.39. The van der Waals surface area contributed by atoms with E-state index in [0.717, 1.165) is 79.3 Å². The number of carbonyl (C=O) groups is 3. The zero-order chi connectivity index (χ0) is 25.6. The van der Waals surface area contributed by atoms with Gasteiger partial charge in [0.2, 0.25) is 0 Å². The van der Waals surface area contributed by atoms with Crippen molar-refractivity contribution in [3.05, 3.63) is 55.5 Å².